The van der Waals surface area contributed by atoms with E-state index in [1.165, 1.54) is 45.3 Å². The summed E-state index contributed by atoms with van der Waals surface area (Å²) < 4.78 is 25.6. The van der Waals surface area contributed by atoms with Gasteiger partial charge in [-0.1, -0.05) is 13.8 Å². The minimum atomic E-state index is -0.624. The largest absolute Gasteiger partial charge is 0.493 e. The molecule has 31 heavy (non-hydrogen) atoms. The molecule has 4 rings (SSSR count). The zero-order valence-electron chi connectivity index (χ0n) is 18.8. The number of carbonyl (C=O) groups excluding carboxylic acids is 2. The van der Waals surface area contributed by atoms with Crippen molar-refractivity contribution in [2.45, 2.75) is 64.7 Å². The molecule has 2 unspecified atom stereocenters. The van der Waals surface area contributed by atoms with Gasteiger partial charge in [-0.15, -0.1) is 0 Å². The molecule has 1 N–H and O–H groups in total. The summed E-state index contributed by atoms with van der Waals surface area (Å²) >= 11 is 0. The van der Waals surface area contributed by atoms with E-state index in [0.717, 1.165) is 36.2 Å². The van der Waals surface area contributed by atoms with Crippen LogP contribution in [0.3, 0.4) is 0 Å². The Hall–Kier alpha value is -2.11. The van der Waals surface area contributed by atoms with Crippen molar-refractivity contribution in [2.75, 3.05) is 20.3 Å². The maximum Gasteiger partial charge on any atom is 0.325 e. The van der Waals surface area contributed by atoms with Crippen LogP contribution in [0.25, 0.3) is 0 Å². The fraction of sp³-hybridized carbons (Fsp3) is 0.680. The lowest BCUT2D eigenvalue weighted by molar-refractivity contribution is -0.139. The SMILES string of the molecule is COC(=O)CNC(=O)c1cc(C2CC2)c(OCC2(C)CC3CC(C)CC(C3)C2)cc1F. The Morgan fingerprint density at radius 2 is 1.84 bits per heavy atom. The zero-order chi connectivity index (χ0) is 22.2. The molecular formula is C25H34FNO4. The van der Waals surface area contributed by atoms with Crippen molar-refractivity contribution in [3.8, 4) is 5.75 Å². The molecule has 0 heterocycles. The van der Waals surface area contributed by atoms with Crippen LogP contribution >= 0.6 is 0 Å². The van der Waals surface area contributed by atoms with Gasteiger partial charge in [0.1, 0.15) is 18.1 Å². The van der Waals surface area contributed by atoms with Crippen molar-refractivity contribution in [2.24, 2.45) is 23.2 Å². The number of hydrogen-bond acceptors (Lipinski definition) is 4. The van der Waals surface area contributed by atoms with Gasteiger partial charge in [0, 0.05) is 11.5 Å². The minimum absolute atomic E-state index is 0.0504. The lowest BCUT2D eigenvalue weighted by atomic mass is 9.60. The number of esters is 1. The second-order valence-electron chi connectivity index (χ2n) is 10.5. The molecule has 0 radical (unpaired) electrons. The number of amides is 1. The molecule has 1 amide bonds. The first-order chi connectivity index (χ1) is 14.8. The summed E-state index contributed by atoms with van der Waals surface area (Å²) in [5.41, 5.74) is 0.963. The van der Waals surface area contributed by atoms with Crippen molar-refractivity contribution in [3.63, 3.8) is 0 Å². The number of rotatable bonds is 7. The molecule has 2 bridgehead atoms. The van der Waals surface area contributed by atoms with Crippen LogP contribution in [0.4, 0.5) is 4.39 Å². The van der Waals surface area contributed by atoms with E-state index in [0.29, 0.717) is 18.3 Å². The van der Waals surface area contributed by atoms with Crippen LogP contribution in [0.1, 0.15) is 80.6 Å². The first-order valence-corrected chi connectivity index (χ1v) is 11.6. The first-order valence-electron chi connectivity index (χ1n) is 11.6. The maximum atomic E-state index is 14.8. The molecule has 1 aromatic rings. The third-order valence-electron chi connectivity index (χ3n) is 7.26. The van der Waals surface area contributed by atoms with Crippen molar-refractivity contribution < 1.29 is 23.5 Å². The number of ether oxygens (including phenoxy) is 2. The standard InChI is InChI=1S/C25H34FNO4/c1-15-6-16-8-17(7-15)12-25(2,11-16)14-31-22-10-21(26)20(9-19(22)18-4-5-18)24(29)27-13-23(28)30-3/h9-10,15-18H,4-8,11-14H2,1-3H3,(H,27,29). The predicted molar refractivity (Wildman–Crippen MR) is 116 cm³/mol. The quantitative estimate of drug-likeness (QED) is 0.628. The molecule has 6 heteroatoms. The summed E-state index contributed by atoms with van der Waals surface area (Å²) in [7, 11) is 1.24. The number of halogens is 1. The van der Waals surface area contributed by atoms with E-state index in [1.54, 1.807) is 6.07 Å². The van der Waals surface area contributed by atoms with Crippen molar-refractivity contribution in [1.29, 1.82) is 0 Å². The topological polar surface area (TPSA) is 64.6 Å². The molecule has 3 aliphatic rings. The molecule has 3 aliphatic carbocycles. The van der Waals surface area contributed by atoms with Gasteiger partial charge in [0.05, 0.1) is 19.3 Å². The Labute approximate surface area is 184 Å². The van der Waals surface area contributed by atoms with Crippen LogP contribution < -0.4 is 10.1 Å². The highest BCUT2D eigenvalue weighted by Crippen LogP contribution is 2.51. The third-order valence-corrected chi connectivity index (χ3v) is 7.26. The van der Waals surface area contributed by atoms with E-state index < -0.39 is 17.7 Å². The fourth-order valence-corrected chi connectivity index (χ4v) is 5.98. The molecule has 0 saturated heterocycles. The highest BCUT2D eigenvalue weighted by molar-refractivity contribution is 5.96. The highest BCUT2D eigenvalue weighted by atomic mass is 19.1. The minimum Gasteiger partial charge on any atom is -0.493 e. The van der Waals surface area contributed by atoms with E-state index in [4.69, 9.17) is 4.74 Å². The molecule has 0 aliphatic heterocycles. The maximum absolute atomic E-state index is 14.8. The Balaban J connectivity index is 1.46. The molecule has 170 valence electrons. The number of carbonyl (C=O) groups is 2. The van der Waals surface area contributed by atoms with Crippen LogP contribution in [0.2, 0.25) is 0 Å². The van der Waals surface area contributed by atoms with Gasteiger partial charge in [0.25, 0.3) is 5.91 Å². The lowest BCUT2D eigenvalue weighted by Crippen LogP contribution is -2.39. The van der Waals surface area contributed by atoms with E-state index in [9.17, 15) is 14.0 Å². The van der Waals surface area contributed by atoms with Crippen molar-refractivity contribution in [3.05, 3.63) is 29.1 Å². The molecule has 5 nitrogen and oxygen atoms in total. The zero-order valence-corrected chi connectivity index (χ0v) is 18.8. The van der Waals surface area contributed by atoms with Gasteiger partial charge >= 0.3 is 5.97 Å². The molecule has 1 aromatic carbocycles. The van der Waals surface area contributed by atoms with Gasteiger partial charge in [-0.25, -0.2) is 4.39 Å². The van der Waals surface area contributed by atoms with Gasteiger partial charge in [0.15, 0.2) is 0 Å². The van der Waals surface area contributed by atoms with Crippen LogP contribution in [0.5, 0.6) is 5.75 Å². The monoisotopic (exact) mass is 431 g/mol. The van der Waals surface area contributed by atoms with E-state index in [1.807, 2.05) is 0 Å². The van der Waals surface area contributed by atoms with Crippen LogP contribution in [0, 0.1) is 29.0 Å². The second kappa shape index (κ2) is 8.79. The van der Waals surface area contributed by atoms with Crippen LogP contribution in [-0.4, -0.2) is 32.1 Å². The second-order valence-corrected chi connectivity index (χ2v) is 10.5. The predicted octanol–water partition coefficient (Wildman–Crippen LogP) is 4.84. The molecule has 3 saturated carbocycles. The number of benzene rings is 1. The number of hydrogen-bond donors (Lipinski definition) is 1. The average Bonchev–Trinajstić information content (AvgIpc) is 3.54. The van der Waals surface area contributed by atoms with Gasteiger partial charge in [-0.05, 0) is 80.2 Å². The number of nitrogens with one attached hydrogen (secondary N) is 1. The van der Waals surface area contributed by atoms with Crippen molar-refractivity contribution in [1.82, 2.24) is 5.32 Å². The van der Waals surface area contributed by atoms with Crippen LogP contribution in [-0.2, 0) is 9.53 Å². The van der Waals surface area contributed by atoms with Crippen molar-refractivity contribution >= 4 is 11.9 Å². The van der Waals surface area contributed by atoms with Gasteiger partial charge in [0.2, 0.25) is 0 Å². The molecule has 0 aromatic heterocycles. The third kappa shape index (κ3) is 5.21. The molecule has 3 fully saturated rings. The summed E-state index contributed by atoms with van der Waals surface area (Å²) in [6, 6.07) is 2.96. The molecule has 0 spiro atoms. The van der Waals surface area contributed by atoms with Gasteiger partial charge in [-0.2, -0.15) is 0 Å². The van der Waals surface area contributed by atoms with Crippen LogP contribution in [0.15, 0.2) is 12.1 Å². The summed E-state index contributed by atoms with van der Waals surface area (Å²) in [5.74, 6) is 1.43. The Morgan fingerprint density at radius 3 is 2.45 bits per heavy atom. The Kier molecular flexibility index (Phi) is 6.27. The number of methoxy groups -OCH3 is 1. The number of fused-ring (bicyclic) bond motifs is 2. The summed E-state index contributed by atoms with van der Waals surface area (Å²) in [5, 5.41) is 2.42. The van der Waals surface area contributed by atoms with Gasteiger partial charge < -0.3 is 14.8 Å². The molecule has 2 atom stereocenters. The summed E-state index contributed by atoms with van der Waals surface area (Å²) in [6.45, 7) is 4.97. The Morgan fingerprint density at radius 1 is 1.16 bits per heavy atom. The van der Waals surface area contributed by atoms with Gasteiger partial charge in [-0.3, -0.25) is 9.59 Å². The normalized spacial score (nSPS) is 29.9. The summed E-state index contributed by atoms with van der Waals surface area (Å²) in [4.78, 5) is 23.7. The van der Waals surface area contributed by atoms with E-state index in [2.05, 4.69) is 23.9 Å². The molecular weight excluding hydrogens is 397 g/mol. The summed E-state index contributed by atoms with van der Waals surface area (Å²) in [6.07, 6.45) is 8.34. The highest BCUT2D eigenvalue weighted by Gasteiger charge is 2.41. The fourth-order valence-electron chi connectivity index (χ4n) is 5.98. The van der Waals surface area contributed by atoms with E-state index in [-0.39, 0.29) is 17.5 Å². The average molecular weight is 432 g/mol. The van der Waals surface area contributed by atoms with E-state index >= 15 is 0 Å². The first kappa shape index (κ1) is 22.1. The lowest BCUT2D eigenvalue weighted by Gasteiger charge is -2.47. The Bertz CT molecular complexity index is 832. The smallest absolute Gasteiger partial charge is 0.325 e.